The van der Waals surface area contributed by atoms with Crippen molar-refractivity contribution in [2.45, 2.75) is 25.7 Å². The molecule has 0 spiro atoms. The molecule has 0 bridgehead atoms. The molecule has 8 heteroatoms. The van der Waals surface area contributed by atoms with Gasteiger partial charge in [0.25, 0.3) is 11.8 Å². The van der Waals surface area contributed by atoms with E-state index in [1.165, 1.54) is 18.3 Å². The second-order valence-corrected chi connectivity index (χ2v) is 9.52. The van der Waals surface area contributed by atoms with Gasteiger partial charge in [-0.1, -0.05) is 24.1 Å². The molecule has 1 saturated heterocycles. The summed E-state index contributed by atoms with van der Waals surface area (Å²) < 4.78 is 5.50. The van der Waals surface area contributed by atoms with Crippen LogP contribution < -0.4 is 5.32 Å². The van der Waals surface area contributed by atoms with E-state index in [-0.39, 0.29) is 29.3 Å². The number of ketones is 1. The Morgan fingerprint density at radius 3 is 2.61 bits per heavy atom. The number of Topliss-reactive ketones (excluding diaryl/α,β-unsaturated/α-hetero) is 1. The molecule has 5 rings (SSSR count). The number of benzene rings is 2. The van der Waals surface area contributed by atoms with Gasteiger partial charge in [-0.15, -0.1) is 11.3 Å². The molecule has 0 aliphatic carbocycles. The van der Waals surface area contributed by atoms with Crippen molar-refractivity contribution in [2.24, 2.45) is 0 Å². The number of nitrogens with zero attached hydrogens (tertiary/aromatic N) is 2. The molecule has 4 aromatic rings. The highest BCUT2D eigenvalue weighted by atomic mass is 32.1. The van der Waals surface area contributed by atoms with Crippen molar-refractivity contribution in [1.29, 1.82) is 0 Å². The number of carbonyl (C=O) groups is 3. The van der Waals surface area contributed by atoms with Gasteiger partial charge < -0.3 is 14.6 Å². The van der Waals surface area contributed by atoms with Gasteiger partial charge in [0, 0.05) is 53.9 Å². The van der Waals surface area contributed by atoms with Crippen LogP contribution in [0.15, 0.2) is 64.4 Å². The summed E-state index contributed by atoms with van der Waals surface area (Å²) in [4.78, 5) is 43.1. The second-order valence-electron chi connectivity index (χ2n) is 8.63. The van der Waals surface area contributed by atoms with E-state index in [0.717, 1.165) is 28.8 Å². The Bertz CT molecular complexity index is 1500. The van der Waals surface area contributed by atoms with Crippen LogP contribution in [0.1, 0.15) is 57.3 Å². The van der Waals surface area contributed by atoms with Crippen LogP contribution in [0.5, 0.6) is 0 Å². The maximum atomic E-state index is 12.8. The topological polar surface area (TPSA) is 92.5 Å². The minimum Gasteiger partial charge on any atom is -0.453 e. The molecule has 0 radical (unpaired) electrons. The van der Waals surface area contributed by atoms with Crippen molar-refractivity contribution in [3.8, 4) is 11.8 Å². The van der Waals surface area contributed by atoms with Crippen molar-refractivity contribution in [3.05, 3.63) is 82.0 Å². The number of carbonyl (C=O) groups excluding carboxylic acids is 3. The number of anilines is 1. The van der Waals surface area contributed by atoms with Gasteiger partial charge >= 0.3 is 0 Å². The molecule has 3 heterocycles. The minimum absolute atomic E-state index is 0.151. The molecule has 1 N–H and O–H groups in total. The van der Waals surface area contributed by atoms with Gasteiger partial charge in [0.2, 0.25) is 0 Å². The molecule has 7 nitrogen and oxygen atoms in total. The number of aromatic nitrogens is 1. The van der Waals surface area contributed by atoms with Gasteiger partial charge in [0.15, 0.2) is 11.5 Å². The van der Waals surface area contributed by atoms with Crippen molar-refractivity contribution in [3.63, 3.8) is 0 Å². The van der Waals surface area contributed by atoms with Gasteiger partial charge in [-0.25, -0.2) is 4.98 Å². The molecule has 180 valence electrons. The zero-order valence-corrected chi connectivity index (χ0v) is 20.4. The van der Waals surface area contributed by atoms with Crippen LogP contribution in [0, 0.1) is 11.8 Å². The first-order chi connectivity index (χ1) is 17.5. The quantitative estimate of drug-likeness (QED) is 0.313. The van der Waals surface area contributed by atoms with Crippen LogP contribution in [0.4, 0.5) is 5.69 Å². The molecule has 2 amide bonds. The van der Waals surface area contributed by atoms with E-state index in [1.807, 2.05) is 30.3 Å². The standard InChI is InChI=1S/C28H23N3O4S/c1-18(32)25-16-21-15-22(8-9-24(21)35-25)29-27(34)23-17-36-28(30-23)20-11-13-31(14-12-20)26(33)10-7-19-5-3-2-4-6-19/h2-6,8-9,15-17,20H,11-14H2,1H3,(H,29,34). The molecular formula is C28H23N3O4S. The normalized spacial score (nSPS) is 13.8. The fourth-order valence-corrected chi connectivity index (χ4v) is 5.10. The van der Waals surface area contributed by atoms with Gasteiger partial charge in [-0.2, -0.15) is 0 Å². The summed E-state index contributed by atoms with van der Waals surface area (Å²) in [5.74, 6) is 5.53. The van der Waals surface area contributed by atoms with Gasteiger partial charge in [0.05, 0.1) is 5.01 Å². The zero-order chi connectivity index (χ0) is 25.1. The molecule has 2 aromatic carbocycles. The molecule has 36 heavy (non-hydrogen) atoms. The molecule has 1 fully saturated rings. The average molecular weight is 498 g/mol. The van der Waals surface area contributed by atoms with Crippen molar-refractivity contribution >= 4 is 45.6 Å². The number of hydrogen-bond donors (Lipinski definition) is 1. The first-order valence-electron chi connectivity index (χ1n) is 11.6. The van der Waals surface area contributed by atoms with E-state index in [4.69, 9.17) is 4.42 Å². The number of furan rings is 1. The number of piperidine rings is 1. The molecule has 1 aliphatic rings. The second kappa shape index (κ2) is 10.2. The Morgan fingerprint density at radius 2 is 1.86 bits per heavy atom. The van der Waals surface area contributed by atoms with Crippen LogP contribution in [0.3, 0.4) is 0 Å². The van der Waals surface area contributed by atoms with Crippen LogP contribution in [-0.2, 0) is 4.79 Å². The van der Waals surface area contributed by atoms with Gasteiger partial charge in [0.1, 0.15) is 11.3 Å². The maximum Gasteiger partial charge on any atom is 0.298 e. The number of rotatable bonds is 4. The number of fused-ring (bicyclic) bond motifs is 1. The lowest BCUT2D eigenvalue weighted by Crippen LogP contribution is -2.37. The van der Waals surface area contributed by atoms with E-state index in [9.17, 15) is 14.4 Å². The number of amides is 2. The average Bonchev–Trinajstić information content (AvgIpc) is 3.56. The summed E-state index contributed by atoms with van der Waals surface area (Å²) in [6.07, 6.45) is 1.56. The first kappa shape index (κ1) is 23.5. The Kier molecular flexibility index (Phi) is 6.65. The third-order valence-corrected chi connectivity index (χ3v) is 7.10. The molecular weight excluding hydrogens is 474 g/mol. The first-order valence-corrected chi connectivity index (χ1v) is 12.5. The van der Waals surface area contributed by atoms with E-state index in [1.54, 1.807) is 34.5 Å². The van der Waals surface area contributed by atoms with Crippen LogP contribution in [0.25, 0.3) is 11.0 Å². The third kappa shape index (κ3) is 5.21. The summed E-state index contributed by atoms with van der Waals surface area (Å²) in [6, 6.07) is 16.3. The third-order valence-electron chi connectivity index (χ3n) is 6.09. The van der Waals surface area contributed by atoms with E-state index >= 15 is 0 Å². The van der Waals surface area contributed by atoms with Gasteiger partial charge in [-0.05, 0) is 49.2 Å². The molecule has 0 atom stereocenters. The SMILES string of the molecule is CC(=O)c1cc2cc(NC(=O)c3csc(C4CCN(C(=O)C#Cc5ccccc5)CC4)n3)ccc2o1. The lowest BCUT2D eigenvalue weighted by Gasteiger charge is -2.29. The van der Waals surface area contributed by atoms with Crippen LogP contribution >= 0.6 is 11.3 Å². The number of nitrogens with one attached hydrogen (secondary N) is 1. The smallest absolute Gasteiger partial charge is 0.298 e. The maximum absolute atomic E-state index is 12.8. The Labute approximate surface area is 212 Å². The molecule has 0 saturated carbocycles. The zero-order valence-electron chi connectivity index (χ0n) is 19.6. The van der Waals surface area contributed by atoms with E-state index in [0.29, 0.717) is 30.1 Å². The Hall–Kier alpha value is -4.22. The molecule has 0 unspecified atom stereocenters. The fourth-order valence-electron chi connectivity index (χ4n) is 4.12. The Morgan fingerprint density at radius 1 is 1.08 bits per heavy atom. The predicted molar refractivity (Wildman–Crippen MR) is 138 cm³/mol. The largest absolute Gasteiger partial charge is 0.453 e. The molecule has 2 aromatic heterocycles. The highest BCUT2D eigenvalue weighted by molar-refractivity contribution is 7.10. The number of likely N-dealkylation sites (tertiary alicyclic amines) is 1. The van der Waals surface area contributed by atoms with Crippen molar-refractivity contribution in [1.82, 2.24) is 9.88 Å². The van der Waals surface area contributed by atoms with Crippen molar-refractivity contribution in [2.75, 3.05) is 18.4 Å². The van der Waals surface area contributed by atoms with Crippen molar-refractivity contribution < 1.29 is 18.8 Å². The van der Waals surface area contributed by atoms with Crippen LogP contribution in [0.2, 0.25) is 0 Å². The Balaban J connectivity index is 1.18. The fraction of sp³-hybridized carbons (Fsp3) is 0.214. The predicted octanol–water partition coefficient (Wildman–Crippen LogP) is 5.10. The summed E-state index contributed by atoms with van der Waals surface area (Å²) in [5, 5.41) is 6.27. The van der Waals surface area contributed by atoms with Gasteiger partial charge in [-0.3, -0.25) is 14.4 Å². The summed E-state index contributed by atoms with van der Waals surface area (Å²) >= 11 is 1.47. The summed E-state index contributed by atoms with van der Waals surface area (Å²) in [7, 11) is 0. The summed E-state index contributed by atoms with van der Waals surface area (Å²) in [6.45, 7) is 2.67. The number of hydrogen-bond acceptors (Lipinski definition) is 6. The number of thiazole rings is 1. The lowest BCUT2D eigenvalue weighted by molar-refractivity contribution is -0.126. The summed E-state index contributed by atoms with van der Waals surface area (Å²) in [5.41, 5.74) is 2.37. The van der Waals surface area contributed by atoms with E-state index < -0.39 is 0 Å². The molecule has 1 aliphatic heterocycles. The minimum atomic E-state index is -0.295. The highest BCUT2D eigenvalue weighted by Crippen LogP contribution is 2.31. The van der Waals surface area contributed by atoms with Crippen LogP contribution in [-0.4, -0.2) is 40.6 Å². The highest BCUT2D eigenvalue weighted by Gasteiger charge is 2.26. The lowest BCUT2D eigenvalue weighted by atomic mass is 9.97. The van der Waals surface area contributed by atoms with E-state index in [2.05, 4.69) is 22.1 Å². The monoisotopic (exact) mass is 497 g/mol.